The van der Waals surface area contributed by atoms with E-state index in [2.05, 4.69) is 34.6 Å². The number of halogens is 1. The summed E-state index contributed by atoms with van der Waals surface area (Å²) in [6.07, 6.45) is 3.74. The van der Waals surface area contributed by atoms with Crippen LogP contribution in [0.1, 0.15) is 11.0 Å². The van der Waals surface area contributed by atoms with Crippen molar-refractivity contribution in [3.63, 3.8) is 0 Å². The minimum absolute atomic E-state index is 0.461. The molecule has 0 aliphatic rings. The van der Waals surface area contributed by atoms with Gasteiger partial charge in [0, 0.05) is 12.4 Å². The second-order valence-corrected chi connectivity index (χ2v) is 3.36. The van der Waals surface area contributed by atoms with Crippen molar-refractivity contribution >= 4 is 22.6 Å². The van der Waals surface area contributed by atoms with Gasteiger partial charge in [0.05, 0.1) is 0 Å². The summed E-state index contributed by atoms with van der Waals surface area (Å²) in [4.78, 5) is 0. The van der Waals surface area contributed by atoms with Crippen molar-refractivity contribution in [3.05, 3.63) is 18.5 Å². The van der Waals surface area contributed by atoms with Gasteiger partial charge in [-0.15, -0.1) is 0 Å². The van der Waals surface area contributed by atoms with Gasteiger partial charge in [-0.3, -0.25) is 4.68 Å². The van der Waals surface area contributed by atoms with Crippen molar-refractivity contribution in [1.29, 1.82) is 0 Å². The lowest BCUT2D eigenvalue weighted by molar-refractivity contribution is 0.665. The van der Waals surface area contributed by atoms with Crippen LogP contribution in [0.2, 0.25) is 0 Å². The van der Waals surface area contributed by atoms with Gasteiger partial charge in [-0.25, -0.2) is 0 Å². The molecule has 1 rings (SSSR count). The Labute approximate surface area is 62.0 Å². The zero-order valence-corrected chi connectivity index (χ0v) is 6.74. The predicted octanol–water partition coefficient (Wildman–Crippen LogP) is 1.84. The molecule has 0 fully saturated rings. The minimum atomic E-state index is 0.461. The first-order valence-corrected chi connectivity index (χ1v) is 3.68. The fourth-order valence-corrected chi connectivity index (χ4v) is 0.821. The van der Waals surface area contributed by atoms with E-state index in [9.17, 15) is 0 Å². The van der Waals surface area contributed by atoms with Crippen LogP contribution in [0.4, 0.5) is 0 Å². The first-order chi connectivity index (χ1) is 3.80. The standard InChI is InChI=1S/C5H7IN2/c1-5(6)8-4-2-3-7-8/h2-5H,1H3. The predicted molar refractivity (Wildman–Crippen MR) is 41.0 cm³/mol. The van der Waals surface area contributed by atoms with Crippen LogP contribution in [-0.2, 0) is 0 Å². The first kappa shape index (κ1) is 6.07. The Balaban J connectivity index is 2.77. The maximum Gasteiger partial charge on any atom is 0.100 e. The Morgan fingerprint density at radius 2 is 2.50 bits per heavy atom. The number of hydrogen-bond donors (Lipinski definition) is 0. The highest BCUT2D eigenvalue weighted by molar-refractivity contribution is 14.1. The average Bonchev–Trinajstić information content (AvgIpc) is 2.12. The highest BCUT2D eigenvalue weighted by atomic mass is 127. The van der Waals surface area contributed by atoms with Crippen molar-refractivity contribution < 1.29 is 0 Å². The molecular formula is C5H7IN2. The van der Waals surface area contributed by atoms with E-state index in [4.69, 9.17) is 0 Å². The molecule has 1 aromatic rings. The molecule has 2 nitrogen and oxygen atoms in total. The summed E-state index contributed by atoms with van der Waals surface area (Å²) in [5.74, 6) is 0. The van der Waals surface area contributed by atoms with Crippen molar-refractivity contribution in [2.45, 2.75) is 11.0 Å². The molecule has 0 spiro atoms. The topological polar surface area (TPSA) is 17.8 Å². The van der Waals surface area contributed by atoms with Gasteiger partial charge in [-0.2, -0.15) is 5.10 Å². The molecule has 3 heteroatoms. The van der Waals surface area contributed by atoms with E-state index < -0.39 is 0 Å². The van der Waals surface area contributed by atoms with E-state index in [0.29, 0.717) is 4.05 Å². The maximum absolute atomic E-state index is 4.02. The Morgan fingerprint density at radius 3 is 2.75 bits per heavy atom. The van der Waals surface area contributed by atoms with Gasteiger partial charge in [-0.05, 0) is 13.0 Å². The number of hydrogen-bond acceptors (Lipinski definition) is 1. The fraction of sp³-hybridized carbons (Fsp3) is 0.400. The molecule has 1 aromatic heterocycles. The summed E-state index contributed by atoms with van der Waals surface area (Å²) < 4.78 is 2.36. The van der Waals surface area contributed by atoms with Gasteiger partial charge < -0.3 is 0 Å². The summed E-state index contributed by atoms with van der Waals surface area (Å²) in [7, 11) is 0. The zero-order chi connectivity index (χ0) is 5.98. The summed E-state index contributed by atoms with van der Waals surface area (Å²) in [5.41, 5.74) is 0. The summed E-state index contributed by atoms with van der Waals surface area (Å²) >= 11 is 2.31. The van der Waals surface area contributed by atoms with E-state index in [0.717, 1.165) is 0 Å². The Kier molecular flexibility index (Phi) is 1.88. The molecular weight excluding hydrogens is 215 g/mol. The summed E-state index contributed by atoms with van der Waals surface area (Å²) in [5, 5.41) is 4.02. The highest BCUT2D eigenvalue weighted by Crippen LogP contribution is 2.10. The van der Waals surface area contributed by atoms with Crippen molar-refractivity contribution in [3.8, 4) is 0 Å². The van der Waals surface area contributed by atoms with Crippen LogP contribution in [-0.4, -0.2) is 9.78 Å². The molecule has 0 aromatic carbocycles. The second-order valence-electron chi connectivity index (χ2n) is 1.56. The third-order valence-corrected chi connectivity index (χ3v) is 1.46. The fourth-order valence-electron chi connectivity index (χ4n) is 0.491. The molecule has 0 saturated heterocycles. The Morgan fingerprint density at radius 1 is 1.75 bits per heavy atom. The largest absolute Gasteiger partial charge is 0.260 e. The second kappa shape index (κ2) is 2.48. The SMILES string of the molecule is CC(I)n1cccn1. The molecule has 0 N–H and O–H groups in total. The van der Waals surface area contributed by atoms with Crippen LogP contribution in [0.15, 0.2) is 18.5 Å². The van der Waals surface area contributed by atoms with Gasteiger partial charge in [-0.1, -0.05) is 22.6 Å². The van der Waals surface area contributed by atoms with Gasteiger partial charge in [0.1, 0.15) is 4.05 Å². The maximum atomic E-state index is 4.02. The van der Waals surface area contributed by atoms with E-state index in [1.807, 2.05) is 16.9 Å². The lowest BCUT2D eigenvalue weighted by atomic mass is 10.7. The molecule has 1 atom stereocenters. The van der Waals surface area contributed by atoms with Crippen LogP contribution in [0.5, 0.6) is 0 Å². The van der Waals surface area contributed by atoms with Crippen LogP contribution >= 0.6 is 22.6 Å². The lowest BCUT2D eigenvalue weighted by Gasteiger charge is -1.99. The lowest BCUT2D eigenvalue weighted by Crippen LogP contribution is -1.96. The molecule has 0 saturated carbocycles. The number of nitrogens with zero attached hydrogens (tertiary/aromatic N) is 2. The smallest absolute Gasteiger partial charge is 0.100 e. The summed E-state index contributed by atoms with van der Waals surface area (Å²) in [6, 6.07) is 1.93. The molecule has 0 radical (unpaired) electrons. The van der Waals surface area contributed by atoms with E-state index >= 15 is 0 Å². The summed E-state index contributed by atoms with van der Waals surface area (Å²) in [6.45, 7) is 2.09. The van der Waals surface area contributed by atoms with Crippen molar-refractivity contribution in [2.75, 3.05) is 0 Å². The van der Waals surface area contributed by atoms with Gasteiger partial charge in [0.25, 0.3) is 0 Å². The molecule has 0 amide bonds. The molecule has 44 valence electrons. The van der Waals surface area contributed by atoms with E-state index in [-0.39, 0.29) is 0 Å². The third kappa shape index (κ3) is 1.21. The number of rotatable bonds is 1. The quantitative estimate of drug-likeness (QED) is 0.523. The minimum Gasteiger partial charge on any atom is -0.260 e. The Hall–Kier alpha value is -0.0600. The average molecular weight is 222 g/mol. The monoisotopic (exact) mass is 222 g/mol. The van der Waals surface area contributed by atoms with Crippen LogP contribution < -0.4 is 0 Å². The molecule has 0 aliphatic carbocycles. The van der Waals surface area contributed by atoms with Gasteiger partial charge >= 0.3 is 0 Å². The molecule has 8 heavy (non-hydrogen) atoms. The first-order valence-electron chi connectivity index (χ1n) is 2.44. The van der Waals surface area contributed by atoms with E-state index in [1.165, 1.54) is 0 Å². The molecule has 1 heterocycles. The van der Waals surface area contributed by atoms with Gasteiger partial charge in [0.15, 0.2) is 0 Å². The molecule has 1 unspecified atom stereocenters. The number of alkyl halides is 1. The van der Waals surface area contributed by atoms with E-state index in [1.54, 1.807) is 6.20 Å². The highest BCUT2D eigenvalue weighted by Gasteiger charge is 1.93. The normalized spacial score (nSPS) is 13.8. The van der Waals surface area contributed by atoms with Gasteiger partial charge in [0.2, 0.25) is 0 Å². The van der Waals surface area contributed by atoms with Crippen LogP contribution in [0.3, 0.4) is 0 Å². The van der Waals surface area contributed by atoms with Crippen molar-refractivity contribution in [2.24, 2.45) is 0 Å². The van der Waals surface area contributed by atoms with Crippen LogP contribution in [0, 0.1) is 0 Å². The Bertz CT molecular complexity index is 145. The molecule has 0 aliphatic heterocycles. The third-order valence-electron chi connectivity index (χ3n) is 0.889. The number of aromatic nitrogens is 2. The molecule has 0 bridgehead atoms. The zero-order valence-electron chi connectivity index (χ0n) is 4.58. The van der Waals surface area contributed by atoms with Crippen molar-refractivity contribution in [1.82, 2.24) is 9.78 Å². The van der Waals surface area contributed by atoms with Crippen LogP contribution in [0.25, 0.3) is 0 Å².